The number of benzene rings is 2. The molecule has 0 aromatic heterocycles. The molecule has 0 radical (unpaired) electrons. The van der Waals surface area contributed by atoms with Gasteiger partial charge in [-0.25, -0.2) is 0 Å². The van der Waals surface area contributed by atoms with Crippen LogP contribution in [0.4, 0.5) is 17.1 Å². The van der Waals surface area contributed by atoms with Crippen LogP contribution < -0.4 is 15.1 Å². The number of carbonyl (C=O) groups excluding carboxylic acids is 1. The van der Waals surface area contributed by atoms with Gasteiger partial charge >= 0.3 is 0 Å². The summed E-state index contributed by atoms with van der Waals surface area (Å²) in [7, 11) is 1.88. The van der Waals surface area contributed by atoms with Crippen LogP contribution in [0.2, 0.25) is 0 Å². The van der Waals surface area contributed by atoms with E-state index in [-0.39, 0.29) is 18.0 Å². The average molecular weight is 335 g/mol. The van der Waals surface area contributed by atoms with Gasteiger partial charge in [0.05, 0.1) is 11.4 Å². The molecule has 1 aliphatic carbocycles. The molecule has 4 heteroatoms. The van der Waals surface area contributed by atoms with Crippen molar-refractivity contribution in [2.45, 2.75) is 44.8 Å². The molecule has 1 aliphatic heterocycles. The van der Waals surface area contributed by atoms with E-state index in [2.05, 4.69) is 59.6 Å². The summed E-state index contributed by atoms with van der Waals surface area (Å²) in [5, 5.41) is 3.60. The van der Waals surface area contributed by atoms with E-state index in [4.69, 9.17) is 0 Å². The summed E-state index contributed by atoms with van der Waals surface area (Å²) in [5.41, 5.74) is 4.53. The van der Waals surface area contributed by atoms with E-state index < -0.39 is 0 Å². The molecular weight excluding hydrogens is 310 g/mol. The number of nitrogens with zero attached hydrogens (tertiary/aromatic N) is 2. The first-order valence-corrected chi connectivity index (χ1v) is 9.07. The van der Waals surface area contributed by atoms with Gasteiger partial charge in [-0.1, -0.05) is 30.3 Å². The lowest BCUT2D eigenvalue weighted by atomic mass is 10.1. The van der Waals surface area contributed by atoms with Gasteiger partial charge < -0.3 is 15.1 Å². The molecule has 25 heavy (non-hydrogen) atoms. The lowest BCUT2D eigenvalue weighted by Gasteiger charge is -2.41. The van der Waals surface area contributed by atoms with Gasteiger partial charge in [-0.15, -0.1) is 0 Å². The lowest BCUT2D eigenvalue weighted by Crippen LogP contribution is -2.51. The predicted molar refractivity (Wildman–Crippen MR) is 103 cm³/mol. The number of hydrogen-bond acceptors (Lipinski definition) is 3. The average Bonchev–Trinajstić information content (AvgIpc) is 3.45. The standard InChI is InChI=1S/C21H25N3O/c1-14(16-7-5-4-6-8-16)22-17-9-12-19-20(13-17)24(18-10-11-18)15(2)21(25)23(19)3/h4-9,12-15,18,22H,10-11H2,1-3H3/t14-,15?/m0/s1. The fourth-order valence-electron chi connectivity index (χ4n) is 3.77. The molecule has 1 unspecified atom stereocenters. The molecule has 1 fully saturated rings. The molecule has 4 nitrogen and oxygen atoms in total. The Morgan fingerprint density at radius 2 is 1.80 bits per heavy atom. The van der Waals surface area contributed by atoms with Gasteiger partial charge in [0, 0.05) is 24.8 Å². The minimum Gasteiger partial charge on any atom is -0.378 e. The van der Waals surface area contributed by atoms with Crippen molar-refractivity contribution in [3.8, 4) is 0 Å². The number of amides is 1. The van der Waals surface area contributed by atoms with Gasteiger partial charge in [-0.05, 0) is 50.5 Å². The minimum absolute atomic E-state index is 0.0909. The third-order valence-corrected chi connectivity index (χ3v) is 5.34. The van der Waals surface area contributed by atoms with Crippen molar-refractivity contribution in [3.63, 3.8) is 0 Å². The molecule has 2 atom stereocenters. The van der Waals surface area contributed by atoms with Gasteiger partial charge in [0.2, 0.25) is 5.91 Å². The molecular formula is C21H25N3O. The Hall–Kier alpha value is -2.49. The van der Waals surface area contributed by atoms with Gasteiger partial charge in [-0.2, -0.15) is 0 Å². The summed E-state index contributed by atoms with van der Waals surface area (Å²) < 4.78 is 0. The first-order chi connectivity index (χ1) is 12.1. The molecule has 1 saturated carbocycles. The number of anilines is 3. The Morgan fingerprint density at radius 1 is 1.08 bits per heavy atom. The highest BCUT2D eigenvalue weighted by atomic mass is 16.2. The Kier molecular flexibility index (Phi) is 3.91. The fourth-order valence-corrected chi connectivity index (χ4v) is 3.77. The largest absolute Gasteiger partial charge is 0.378 e. The SMILES string of the molecule is CC1C(=O)N(C)c2ccc(N[C@@H](C)c3ccccc3)cc2N1C1CC1. The van der Waals surface area contributed by atoms with Crippen LogP contribution in [-0.4, -0.2) is 25.0 Å². The van der Waals surface area contributed by atoms with E-state index in [9.17, 15) is 4.79 Å². The molecule has 4 rings (SSSR count). The summed E-state index contributed by atoms with van der Waals surface area (Å²) in [4.78, 5) is 16.7. The zero-order valence-electron chi connectivity index (χ0n) is 15.1. The highest BCUT2D eigenvalue weighted by Gasteiger charge is 2.41. The lowest BCUT2D eigenvalue weighted by molar-refractivity contribution is -0.119. The van der Waals surface area contributed by atoms with Crippen LogP contribution >= 0.6 is 0 Å². The maximum atomic E-state index is 12.5. The van der Waals surface area contributed by atoms with Crippen molar-refractivity contribution >= 4 is 23.0 Å². The van der Waals surface area contributed by atoms with E-state index in [0.29, 0.717) is 6.04 Å². The van der Waals surface area contributed by atoms with Crippen LogP contribution in [0, 0.1) is 0 Å². The highest BCUT2D eigenvalue weighted by molar-refractivity contribution is 6.05. The summed E-state index contributed by atoms with van der Waals surface area (Å²) in [6, 6.07) is 17.4. The van der Waals surface area contributed by atoms with Crippen molar-refractivity contribution in [2.75, 3.05) is 22.2 Å². The molecule has 1 N–H and O–H groups in total. The zero-order chi connectivity index (χ0) is 17.6. The second-order valence-corrected chi connectivity index (χ2v) is 7.19. The number of rotatable bonds is 4. The maximum Gasteiger partial charge on any atom is 0.249 e. The van der Waals surface area contributed by atoms with E-state index in [0.717, 1.165) is 11.4 Å². The number of nitrogens with one attached hydrogen (secondary N) is 1. The van der Waals surface area contributed by atoms with Crippen molar-refractivity contribution in [1.82, 2.24) is 0 Å². The quantitative estimate of drug-likeness (QED) is 0.910. The van der Waals surface area contributed by atoms with E-state index in [1.807, 2.05) is 20.0 Å². The Bertz CT molecular complexity index is 785. The number of carbonyl (C=O) groups is 1. The molecule has 0 bridgehead atoms. The Balaban J connectivity index is 1.65. The summed E-state index contributed by atoms with van der Waals surface area (Å²) in [5.74, 6) is 0.178. The second-order valence-electron chi connectivity index (χ2n) is 7.19. The van der Waals surface area contributed by atoms with Crippen molar-refractivity contribution in [3.05, 3.63) is 54.1 Å². The number of likely N-dealkylation sites (N-methyl/N-ethyl adjacent to an activating group) is 1. The Morgan fingerprint density at radius 3 is 2.48 bits per heavy atom. The number of hydrogen-bond donors (Lipinski definition) is 1. The number of fused-ring (bicyclic) bond motifs is 1. The zero-order valence-corrected chi connectivity index (χ0v) is 15.1. The molecule has 1 amide bonds. The predicted octanol–water partition coefficient (Wildman–Crippen LogP) is 4.19. The van der Waals surface area contributed by atoms with Gasteiger partial charge in [0.25, 0.3) is 0 Å². The van der Waals surface area contributed by atoms with Crippen LogP contribution in [0.15, 0.2) is 48.5 Å². The first-order valence-electron chi connectivity index (χ1n) is 9.07. The van der Waals surface area contributed by atoms with E-state index in [1.54, 1.807) is 4.90 Å². The van der Waals surface area contributed by atoms with Crippen LogP contribution in [0.5, 0.6) is 0 Å². The minimum atomic E-state index is -0.0909. The van der Waals surface area contributed by atoms with Gasteiger partial charge in [0.1, 0.15) is 6.04 Å². The third kappa shape index (κ3) is 2.86. The van der Waals surface area contributed by atoms with Crippen LogP contribution in [0.25, 0.3) is 0 Å². The van der Waals surface area contributed by atoms with Crippen LogP contribution in [-0.2, 0) is 4.79 Å². The second kappa shape index (κ2) is 6.10. The van der Waals surface area contributed by atoms with Crippen molar-refractivity contribution in [2.24, 2.45) is 0 Å². The molecule has 2 aromatic carbocycles. The first kappa shape index (κ1) is 16.0. The third-order valence-electron chi connectivity index (χ3n) is 5.34. The smallest absolute Gasteiger partial charge is 0.249 e. The van der Waals surface area contributed by atoms with Crippen LogP contribution in [0.3, 0.4) is 0 Å². The molecule has 1 heterocycles. The Labute approximate surface area is 149 Å². The van der Waals surface area contributed by atoms with Crippen molar-refractivity contribution < 1.29 is 4.79 Å². The van der Waals surface area contributed by atoms with Gasteiger partial charge in [-0.3, -0.25) is 4.79 Å². The fraction of sp³-hybridized carbons (Fsp3) is 0.381. The molecule has 2 aromatic rings. The molecule has 0 saturated heterocycles. The normalized spacial score (nSPS) is 21.1. The molecule has 0 spiro atoms. The monoisotopic (exact) mass is 335 g/mol. The summed E-state index contributed by atoms with van der Waals surface area (Å²) >= 11 is 0. The molecule has 130 valence electrons. The van der Waals surface area contributed by atoms with Crippen LogP contribution in [0.1, 0.15) is 38.3 Å². The maximum absolute atomic E-state index is 12.5. The summed E-state index contributed by atoms with van der Waals surface area (Å²) in [6.45, 7) is 4.19. The van der Waals surface area contributed by atoms with E-state index in [1.165, 1.54) is 24.1 Å². The highest BCUT2D eigenvalue weighted by Crippen LogP contribution is 2.43. The van der Waals surface area contributed by atoms with Crippen molar-refractivity contribution in [1.29, 1.82) is 0 Å². The topological polar surface area (TPSA) is 35.6 Å². The van der Waals surface area contributed by atoms with E-state index >= 15 is 0 Å². The summed E-state index contributed by atoms with van der Waals surface area (Å²) in [6.07, 6.45) is 2.36. The van der Waals surface area contributed by atoms with Gasteiger partial charge in [0.15, 0.2) is 0 Å². The molecule has 2 aliphatic rings.